The van der Waals surface area contributed by atoms with E-state index in [0.29, 0.717) is 12.2 Å². The largest absolute Gasteiger partial charge is 0.469 e. The van der Waals surface area contributed by atoms with Gasteiger partial charge in [-0.05, 0) is 24.3 Å². The standard InChI is InChI=1S/C14H11FN2O2/c15-10-3-5-13(17-9-10)12(8-16)14(18)6-4-11-2-1-7-19-11/h1-3,5,7,9,12H,4,6H2/t12-/m1/s1. The van der Waals surface area contributed by atoms with Gasteiger partial charge in [-0.2, -0.15) is 5.26 Å². The van der Waals surface area contributed by atoms with Crippen LogP contribution in [0.4, 0.5) is 4.39 Å². The van der Waals surface area contributed by atoms with E-state index in [1.807, 2.05) is 6.07 Å². The monoisotopic (exact) mass is 258 g/mol. The van der Waals surface area contributed by atoms with Crippen LogP contribution < -0.4 is 0 Å². The summed E-state index contributed by atoms with van der Waals surface area (Å²) in [5, 5.41) is 9.05. The van der Waals surface area contributed by atoms with Crippen LogP contribution in [-0.2, 0) is 11.2 Å². The smallest absolute Gasteiger partial charge is 0.156 e. The van der Waals surface area contributed by atoms with Crippen molar-refractivity contribution in [1.29, 1.82) is 5.26 Å². The van der Waals surface area contributed by atoms with Gasteiger partial charge in [0.05, 0.1) is 24.2 Å². The molecule has 2 heterocycles. The number of halogens is 1. The SMILES string of the molecule is N#C[C@@H](C(=O)CCc1ccco1)c1ccc(F)cn1. The highest BCUT2D eigenvalue weighted by molar-refractivity contribution is 5.88. The van der Waals surface area contributed by atoms with Crippen LogP contribution in [0.3, 0.4) is 0 Å². The van der Waals surface area contributed by atoms with E-state index >= 15 is 0 Å². The molecular weight excluding hydrogens is 247 g/mol. The third kappa shape index (κ3) is 3.26. The molecule has 2 aromatic heterocycles. The number of furan rings is 1. The summed E-state index contributed by atoms with van der Waals surface area (Å²) in [4.78, 5) is 15.7. The highest BCUT2D eigenvalue weighted by Crippen LogP contribution is 2.17. The highest BCUT2D eigenvalue weighted by Gasteiger charge is 2.21. The maximum atomic E-state index is 12.7. The molecule has 0 aliphatic heterocycles. The van der Waals surface area contributed by atoms with Crippen LogP contribution in [0.15, 0.2) is 41.1 Å². The number of nitrogens with zero attached hydrogens (tertiary/aromatic N) is 2. The fraction of sp³-hybridized carbons (Fsp3) is 0.214. The molecule has 0 spiro atoms. The Morgan fingerprint density at radius 2 is 2.32 bits per heavy atom. The fourth-order valence-electron chi connectivity index (χ4n) is 1.71. The minimum atomic E-state index is -0.962. The number of hydrogen-bond donors (Lipinski definition) is 0. The Balaban J connectivity index is 2.03. The van der Waals surface area contributed by atoms with E-state index in [1.54, 1.807) is 12.1 Å². The van der Waals surface area contributed by atoms with Crippen LogP contribution in [0.5, 0.6) is 0 Å². The van der Waals surface area contributed by atoms with Crippen molar-refractivity contribution < 1.29 is 13.6 Å². The van der Waals surface area contributed by atoms with Crippen molar-refractivity contribution in [1.82, 2.24) is 4.98 Å². The van der Waals surface area contributed by atoms with Crippen LogP contribution in [0.25, 0.3) is 0 Å². The van der Waals surface area contributed by atoms with Crippen molar-refractivity contribution >= 4 is 5.78 Å². The van der Waals surface area contributed by atoms with E-state index < -0.39 is 11.7 Å². The van der Waals surface area contributed by atoms with E-state index in [-0.39, 0.29) is 17.9 Å². The fourth-order valence-corrected chi connectivity index (χ4v) is 1.71. The molecule has 0 aliphatic carbocycles. The van der Waals surface area contributed by atoms with Crippen LogP contribution in [-0.4, -0.2) is 10.8 Å². The van der Waals surface area contributed by atoms with Gasteiger partial charge in [0.25, 0.3) is 0 Å². The van der Waals surface area contributed by atoms with E-state index in [0.717, 1.165) is 6.20 Å². The summed E-state index contributed by atoms with van der Waals surface area (Å²) in [6, 6.07) is 7.95. The number of Topliss-reactive ketones (excluding diaryl/α,β-unsaturated/α-hetero) is 1. The Bertz CT molecular complexity index is 585. The lowest BCUT2D eigenvalue weighted by atomic mass is 9.97. The van der Waals surface area contributed by atoms with E-state index in [2.05, 4.69) is 4.98 Å². The number of ketones is 1. The van der Waals surface area contributed by atoms with Gasteiger partial charge in [0.15, 0.2) is 5.78 Å². The molecule has 2 rings (SSSR count). The van der Waals surface area contributed by atoms with Gasteiger partial charge in [-0.15, -0.1) is 0 Å². The lowest BCUT2D eigenvalue weighted by molar-refractivity contribution is -0.119. The number of aromatic nitrogens is 1. The molecular formula is C14H11FN2O2. The van der Waals surface area contributed by atoms with E-state index in [4.69, 9.17) is 9.68 Å². The molecule has 2 aromatic rings. The summed E-state index contributed by atoms with van der Waals surface area (Å²) in [7, 11) is 0. The van der Waals surface area contributed by atoms with E-state index in [1.165, 1.54) is 18.4 Å². The molecule has 0 fully saturated rings. The second-order valence-electron chi connectivity index (χ2n) is 4.01. The lowest BCUT2D eigenvalue weighted by Crippen LogP contribution is -2.13. The minimum Gasteiger partial charge on any atom is -0.469 e. The van der Waals surface area contributed by atoms with Gasteiger partial charge in [-0.25, -0.2) is 4.39 Å². The number of rotatable bonds is 5. The minimum absolute atomic E-state index is 0.185. The maximum Gasteiger partial charge on any atom is 0.156 e. The Labute approximate surface area is 109 Å². The van der Waals surface area contributed by atoms with Gasteiger partial charge >= 0.3 is 0 Å². The molecule has 96 valence electrons. The van der Waals surface area contributed by atoms with Crippen molar-refractivity contribution in [3.8, 4) is 6.07 Å². The van der Waals surface area contributed by atoms with Crippen LogP contribution in [0.2, 0.25) is 0 Å². The molecule has 4 nitrogen and oxygen atoms in total. The normalized spacial score (nSPS) is 11.8. The van der Waals surface area contributed by atoms with Crippen LogP contribution in [0, 0.1) is 17.1 Å². The van der Waals surface area contributed by atoms with Crippen molar-refractivity contribution in [3.63, 3.8) is 0 Å². The third-order valence-electron chi connectivity index (χ3n) is 2.70. The quantitative estimate of drug-likeness (QED) is 0.826. The molecule has 19 heavy (non-hydrogen) atoms. The van der Waals surface area contributed by atoms with Crippen molar-refractivity contribution in [2.75, 3.05) is 0 Å². The summed E-state index contributed by atoms with van der Waals surface area (Å²) < 4.78 is 17.9. The van der Waals surface area contributed by atoms with Gasteiger partial charge in [0.1, 0.15) is 17.5 Å². The zero-order valence-corrected chi connectivity index (χ0v) is 10.0. The predicted octanol–water partition coefficient (Wildman–Crippen LogP) is 2.62. The first-order valence-corrected chi connectivity index (χ1v) is 5.77. The summed E-state index contributed by atoms with van der Waals surface area (Å²) in [5.41, 5.74) is 0.272. The summed E-state index contributed by atoms with van der Waals surface area (Å²) in [6.07, 6.45) is 3.15. The number of nitriles is 1. The predicted molar refractivity (Wildman–Crippen MR) is 64.6 cm³/mol. The zero-order chi connectivity index (χ0) is 13.7. The molecule has 1 atom stereocenters. The second-order valence-corrected chi connectivity index (χ2v) is 4.01. The number of carbonyl (C=O) groups is 1. The molecule has 0 radical (unpaired) electrons. The van der Waals surface area contributed by atoms with Crippen molar-refractivity contribution in [2.45, 2.75) is 18.8 Å². The van der Waals surface area contributed by atoms with Crippen LogP contribution in [0.1, 0.15) is 23.8 Å². The number of carbonyl (C=O) groups excluding carboxylic acids is 1. The first-order valence-electron chi connectivity index (χ1n) is 5.77. The lowest BCUT2D eigenvalue weighted by Gasteiger charge is -2.06. The summed E-state index contributed by atoms with van der Waals surface area (Å²) >= 11 is 0. The topological polar surface area (TPSA) is 66.9 Å². The summed E-state index contributed by atoms with van der Waals surface area (Å²) in [5.74, 6) is -1.02. The average molecular weight is 258 g/mol. The molecule has 0 saturated carbocycles. The second kappa shape index (κ2) is 5.91. The van der Waals surface area contributed by atoms with Gasteiger partial charge in [-0.1, -0.05) is 0 Å². The first-order chi connectivity index (χ1) is 9.20. The zero-order valence-electron chi connectivity index (χ0n) is 10.0. The van der Waals surface area contributed by atoms with Gasteiger partial charge in [0.2, 0.25) is 0 Å². The molecule has 0 unspecified atom stereocenters. The Morgan fingerprint density at radius 1 is 1.47 bits per heavy atom. The Morgan fingerprint density at radius 3 is 2.89 bits per heavy atom. The van der Waals surface area contributed by atoms with Gasteiger partial charge < -0.3 is 4.42 Å². The molecule has 0 aromatic carbocycles. The number of hydrogen-bond acceptors (Lipinski definition) is 4. The molecule has 0 bridgehead atoms. The molecule has 0 amide bonds. The van der Waals surface area contributed by atoms with Gasteiger partial charge in [-0.3, -0.25) is 9.78 Å². The van der Waals surface area contributed by atoms with E-state index in [9.17, 15) is 9.18 Å². The molecule has 5 heteroatoms. The molecule has 0 aliphatic rings. The van der Waals surface area contributed by atoms with Crippen molar-refractivity contribution in [2.24, 2.45) is 0 Å². The van der Waals surface area contributed by atoms with Gasteiger partial charge in [0, 0.05) is 12.8 Å². The van der Waals surface area contributed by atoms with Crippen molar-refractivity contribution in [3.05, 3.63) is 54.0 Å². The maximum absolute atomic E-state index is 12.7. The third-order valence-corrected chi connectivity index (χ3v) is 2.70. The Kier molecular flexibility index (Phi) is 4.04. The molecule has 0 N–H and O–H groups in total. The first kappa shape index (κ1) is 13.0. The Hall–Kier alpha value is -2.48. The average Bonchev–Trinajstić information content (AvgIpc) is 2.92. The number of aryl methyl sites for hydroxylation is 1. The number of pyridine rings is 1. The summed E-state index contributed by atoms with van der Waals surface area (Å²) in [6.45, 7) is 0. The van der Waals surface area contributed by atoms with Crippen LogP contribution >= 0.6 is 0 Å². The highest BCUT2D eigenvalue weighted by atomic mass is 19.1. The molecule has 0 saturated heterocycles.